The third kappa shape index (κ3) is 5.38. The molecule has 0 unspecified atom stereocenters. The van der Waals surface area contributed by atoms with E-state index in [-0.39, 0.29) is 5.75 Å². The van der Waals surface area contributed by atoms with Crippen molar-refractivity contribution in [2.45, 2.75) is 32.9 Å². The van der Waals surface area contributed by atoms with E-state index < -0.39 is 17.6 Å². The maximum atomic E-state index is 13.1. The van der Waals surface area contributed by atoms with Gasteiger partial charge >= 0.3 is 6.18 Å². The van der Waals surface area contributed by atoms with Gasteiger partial charge in [0, 0.05) is 12.7 Å². The number of pyridine rings is 1. The number of aryl methyl sites for hydroxylation is 2. The zero-order valence-corrected chi connectivity index (χ0v) is 17.2. The number of rotatable bonds is 7. The summed E-state index contributed by atoms with van der Waals surface area (Å²) in [5.41, 5.74) is 0.854. The van der Waals surface area contributed by atoms with Crippen LogP contribution in [-0.4, -0.2) is 21.5 Å². The van der Waals surface area contributed by atoms with Crippen molar-refractivity contribution in [3.8, 4) is 11.6 Å². The van der Waals surface area contributed by atoms with Gasteiger partial charge in [0.25, 0.3) is 0 Å². The molecule has 9 heteroatoms. The Bertz CT molecular complexity index is 1010. The van der Waals surface area contributed by atoms with E-state index in [1.54, 1.807) is 24.3 Å². The summed E-state index contributed by atoms with van der Waals surface area (Å²) in [6.07, 6.45) is -1.90. The van der Waals surface area contributed by atoms with Crippen LogP contribution >= 0.6 is 11.6 Å². The molecule has 0 atom stereocenters. The standard InChI is InChI=1S/C21H20ClF3N4O/c1-3-17-18(22)19(29-13(2)28-17)26-12-10-14-6-8-15(9-7-14)30-20-16(21(23,24)25)5-4-11-27-20/h4-9,11H,3,10,12H2,1-2H3,(H,26,28,29). The Morgan fingerprint density at radius 3 is 2.50 bits per heavy atom. The van der Waals surface area contributed by atoms with E-state index in [1.165, 1.54) is 12.3 Å². The maximum absolute atomic E-state index is 13.1. The molecule has 1 N–H and O–H groups in total. The van der Waals surface area contributed by atoms with E-state index in [2.05, 4.69) is 20.3 Å². The van der Waals surface area contributed by atoms with E-state index in [1.807, 2.05) is 13.8 Å². The Kier molecular flexibility index (Phi) is 6.77. The smallest absolute Gasteiger partial charge is 0.421 e. The molecule has 0 spiro atoms. The topological polar surface area (TPSA) is 59.9 Å². The SMILES string of the molecule is CCc1nc(C)nc(NCCc2ccc(Oc3ncccc3C(F)(F)F)cc2)c1Cl. The highest BCUT2D eigenvalue weighted by Gasteiger charge is 2.35. The average Bonchev–Trinajstić information content (AvgIpc) is 2.71. The second-order valence-corrected chi connectivity index (χ2v) is 6.89. The van der Waals surface area contributed by atoms with Gasteiger partial charge in [0.15, 0.2) is 0 Å². The van der Waals surface area contributed by atoms with Crippen molar-refractivity contribution >= 4 is 17.4 Å². The van der Waals surface area contributed by atoms with Gasteiger partial charge in [-0.2, -0.15) is 13.2 Å². The van der Waals surface area contributed by atoms with Gasteiger partial charge in [-0.3, -0.25) is 0 Å². The Labute approximate surface area is 177 Å². The number of aromatic nitrogens is 3. The van der Waals surface area contributed by atoms with E-state index in [9.17, 15) is 13.2 Å². The van der Waals surface area contributed by atoms with Crippen molar-refractivity contribution in [3.05, 3.63) is 70.3 Å². The summed E-state index contributed by atoms with van der Waals surface area (Å²) in [6, 6.07) is 8.96. The molecule has 30 heavy (non-hydrogen) atoms. The van der Waals surface area contributed by atoms with Crippen molar-refractivity contribution in [2.24, 2.45) is 0 Å². The molecule has 0 fully saturated rings. The molecule has 0 aliphatic rings. The summed E-state index contributed by atoms with van der Waals surface area (Å²) in [6.45, 7) is 4.37. The van der Waals surface area contributed by atoms with Crippen molar-refractivity contribution in [3.63, 3.8) is 0 Å². The first kappa shape index (κ1) is 21.8. The molecule has 0 radical (unpaired) electrons. The number of nitrogens with zero attached hydrogens (tertiary/aromatic N) is 3. The molecule has 3 aromatic rings. The lowest BCUT2D eigenvalue weighted by molar-refractivity contribution is -0.138. The number of anilines is 1. The van der Waals surface area contributed by atoms with Crippen LogP contribution in [0.15, 0.2) is 42.6 Å². The predicted octanol–water partition coefficient (Wildman–Crippen LogP) is 5.86. The number of alkyl halides is 3. The molecule has 3 rings (SSSR count). The Morgan fingerprint density at radius 2 is 1.83 bits per heavy atom. The number of halogens is 4. The largest absolute Gasteiger partial charge is 0.438 e. The lowest BCUT2D eigenvalue weighted by Crippen LogP contribution is -2.09. The Morgan fingerprint density at radius 1 is 1.10 bits per heavy atom. The number of hydrogen-bond donors (Lipinski definition) is 1. The van der Waals surface area contributed by atoms with Crippen LogP contribution in [0.4, 0.5) is 19.0 Å². The minimum absolute atomic E-state index is 0.276. The van der Waals surface area contributed by atoms with E-state index in [0.29, 0.717) is 36.1 Å². The number of ether oxygens (including phenoxy) is 1. The molecule has 1 aromatic carbocycles. The van der Waals surface area contributed by atoms with Gasteiger partial charge in [0.2, 0.25) is 5.88 Å². The molecule has 0 aliphatic carbocycles. The van der Waals surface area contributed by atoms with Crippen LogP contribution in [-0.2, 0) is 19.0 Å². The summed E-state index contributed by atoms with van der Waals surface area (Å²) in [5, 5.41) is 3.72. The monoisotopic (exact) mass is 436 g/mol. The van der Waals surface area contributed by atoms with Crippen LogP contribution < -0.4 is 10.1 Å². The van der Waals surface area contributed by atoms with Crippen molar-refractivity contribution < 1.29 is 17.9 Å². The summed E-state index contributed by atoms with van der Waals surface area (Å²) in [5.74, 6) is 1.04. The molecule has 5 nitrogen and oxygen atoms in total. The lowest BCUT2D eigenvalue weighted by Gasteiger charge is -2.13. The normalized spacial score (nSPS) is 11.4. The fraction of sp³-hybridized carbons (Fsp3) is 0.286. The summed E-state index contributed by atoms with van der Waals surface area (Å²) >= 11 is 6.32. The number of benzene rings is 1. The highest BCUT2D eigenvalue weighted by molar-refractivity contribution is 6.33. The van der Waals surface area contributed by atoms with Gasteiger partial charge < -0.3 is 10.1 Å². The van der Waals surface area contributed by atoms with Crippen LogP contribution in [0.3, 0.4) is 0 Å². The second-order valence-electron chi connectivity index (χ2n) is 6.51. The molecule has 0 aliphatic heterocycles. The number of nitrogens with one attached hydrogen (secondary N) is 1. The zero-order chi connectivity index (χ0) is 21.7. The minimum atomic E-state index is -4.53. The van der Waals surface area contributed by atoms with Crippen molar-refractivity contribution in [1.82, 2.24) is 15.0 Å². The molecule has 158 valence electrons. The first-order chi connectivity index (χ1) is 14.3. The summed E-state index contributed by atoms with van der Waals surface area (Å²) in [4.78, 5) is 12.3. The maximum Gasteiger partial charge on any atom is 0.421 e. The fourth-order valence-electron chi connectivity index (χ4n) is 2.82. The molecular weight excluding hydrogens is 417 g/mol. The average molecular weight is 437 g/mol. The highest BCUT2D eigenvalue weighted by Crippen LogP contribution is 2.36. The third-order valence-corrected chi connectivity index (χ3v) is 4.68. The van der Waals surface area contributed by atoms with Crippen LogP contribution in [0.1, 0.15) is 29.6 Å². The fourth-order valence-corrected chi connectivity index (χ4v) is 3.10. The third-order valence-electron chi connectivity index (χ3n) is 4.29. The van der Waals surface area contributed by atoms with Gasteiger partial charge in [0.05, 0.1) is 5.69 Å². The Balaban J connectivity index is 1.62. The Hall–Kier alpha value is -2.87. The van der Waals surface area contributed by atoms with E-state index in [4.69, 9.17) is 16.3 Å². The van der Waals surface area contributed by atoms with Gasteiger partial charge in [-0.15, -0.1) is 0 Å². The first-order valence-electron chi connectivity index (χ1n) is 9.33. The summed E-state index contributed by atoms with van der Waals surface area (Å²) < 4.78 is 44.5. The van der Waals surface area contributed by atoms with Crippen molar-refractivity contribution in [2.75, 3.05) is 11.9 Å². The molecule has 2 aromatic heterocycles. The van der Waals surface area contributed by atoms with E-state index >= 15 is 0 Å². The number of hydrogen-bond acceptors (Lipinski definition) is 5. The zero-order valence-electron chi connectivity index (χ0n) is 16.4. The van der Waals surface area contributed by atoms with Crippen LogP contribution in [0.5, 0.6) is 11.6 Å². The molecule has 0 bridgehead atoms. The van der Waals surface area contributed by atoms with E-state index in [0.717, 1.165) is 17.3 Å². The van der Waals surface area contributed by atoms with Crippen molar-refractivity contribution in [1.29, 1.82) is 0 Å². The molecule has 0 amide bonds. The second kappa shape index (κ2) is 9.30. The lowest BCUT2D eigenvalue weighted by atomic mass is 10.1. The summed E-state index contributed by atoms with van der Waals surface area (Å²) in [7, 11) is 0. The molecule has 0 saturated carbocycles. The highest BCUT2D eigenvalue weighted by atomic mass is 35.5. The van der Waals surface area contributed by atoms with Gasteiger partial charge in [0.1, 0.15) is 28.0 Å². The van der Waals surface area contributed by atoms with Crippen LogP contribution in [0.25, 0.3) is 0 Å². The van der Waals surface area contributed by atoms with Gasteiger partial charge in [-0.05, 0) is 49.6 Å². The first-order valence-corrected chi connectivity index (χ1v) is 9.71. The van der Waals surface area contributed by atoms with Gasteiger partial charge in [-0.25, -0.2) is 15.0 Å². The predicted molar refractivity (Wildman–Crippen MR) is 109 cm³/mol. The van der Waals surface area contributed by atoms with Gasteiger partial charge in [-0.1, -0.05) is 30.7 Å². The minimum Gasteiger partial charge on any atom is -0.438 e. The molecular formula is C21H20ClF3N4O. The van der Waals surface area contributed by atoms with Crippen LogP contribution in [0, 0.1) is 6.92 Å². The molecule has 0 saturated heterocycles. The quantitative estimate of drug-likeness (QED) is 0.502. The van der Waals surface area contributed by atoms with Crippen LogP contribution in [0.2, 0.25) is 5.02 Å². The molecule has 2 heterocycles.